The second kappa shape index (κ2) is 5.56. The first-order valence-corrected chi connectivity index (χ1v) is 5.87. The predicted octanol–water partition coefficient (Wildman–Crippen LogP) is 1.94. The van der Waals surface area contributed by atoms with Gasteiger partial charge in [0.05, 0.1) is 12.5 Å². The SMILES string of the molecule is CSc1cc(N(C)C(C)CC#N)ncn1. The van der Waals surface area contributed by atoms with Crippen LogP contribution < -0.4 is 4.90 Å². The highest BCUT2D eigenvalue weighted by Gasteiger charge is 2.11. The van der Waals surface area contributed by atoms with E-state index < -0.39 is 0 Å². The number of aromatic nitrogens is 2. The van der Waals surface area contributed by atoms with Gasteiger partial charge in [-0.05, 0) is 13.2 Å². The number of nitrogens with zero attached hydrogens (tertiary/aromatic N) is 4. The van der Waals surface area contributed by atoms with E-state index in [-0.39, 0.29) is 6.04 Å². The molecule has 0 saturated heterocycles. The van der Waals surface area contributed by atoms with Crippen LogP contribution in [0.15, 0.2) is 17.4 Å². The summed E-state index contributed by atoms with van der Waals surface area (Å²) in [6, 6.07) is 4.25. The molecule has 0 saturated carbocycles. The van der Waals surface area contributed by atoms with E-state index in [0.29, 0.717) is 6.42 Å². The van der Waals surface area contributed by atoms with Gasteiger partial charge < -0.3 is 4.90 Å². The molecule has 0 aliphatic carbocycles. The standard InChI is InChI=1S/C10H14N4S/c1-8(4-5-11)14(2)9-6-10(15-3)13-7-12-9/h6-8H,4H2,1-3H3. The number of thioether (sulfide) groups is 1. The van der Waals surface area contributed by atoms with Gasteiger partial charge in [0.1, 0.15) is 17.2 Å². The number of anilines is 1. The summed E-state index contributed by atoms with van der Waals surface area (Å²) in [6.07, 6.45) is 4.02. The van der Waals surface area contributed by atoms with Crippen molar-refractivity contribution in [3.05, 3.63) is 12.4 Å². The van der Waals surface area contributed by atoms with Gasteiger partial charge in [0, 0.05) is 19.2 Å². The molecular weight excluding hydrogens is 208 g/mol. The van der Waals surface area contributed by atoms with Crippen LogP contribution >= 0.6 is 11.8 Å². The molecule has 1 unspecified atom stereocenters. The molecule has 0 aliphatic rings. The molecule has 0 aromatic carbocycles. The number of hydrogen-bond acceptors (Lipinski definition) is 5. The highest BCUT2D eigenvalue weighted by molar-refractivity contribution is 7.98. The highest BCUT2D eigenvalue weighted by atomic mass is 32.2. The Hall–Kier alpha value is -1.28. The summed E-state index contributed by atoms with van der Waals surface area (Å²) in [5, 5.41) is 9.56. The first kappa shape index (κ1) is 11.8. The molecule has 0 aliphatic heterocycles. The van der Waals surface area contributed by atoms with E-state index in [1.54, 1.807) is 18.1 Å². The molecule has 4 nitrogen and oxygen atoms in total. The number of nitriles is 1. The third-order valence-corrected chi connectivity index (χ3v) is 2.89. The molecule has 0 fully saturated rings. The van der Waals surface area contributed by atoms with Crippen molar-refractivity contribution in [1.29, 1.82) is 5.26 Å². The van der Waals surface area contributed by atoms with Crippen molar-refractivity contribution < 1.29 is 0 Å². The first-order chi connectivity index (χ1) is 7.19. The van der Waals surface area contributed by atoms with Crippen LogP contribution in [0.3, 0.4) is 0 Å². The lowest BCUT2D eigenvalue weighted by atomic mass is 10.2. The zero-order chi connectivity index (χ0) is 11.3. The molecule has 1 atom stereocenters. The molecule has 1 aromatic heterocycles. The Morgan fingerprint density at radius 2 is 2.33 bits per heavy atom. The largest absolute Gasteiger partial charge is 0.356 e. The highest BCUT2D eigenvalue weighted by Crippen LogP contribution is 2.18. The molecule has 15 heavy (non-hydrogen) atoms. The average molecular weight is 222 g/mol. The molecule has 0 bridgehead atoms. The summed E-state index contributed by atoms with van der Waals surface area (Å²) in [7, 11) is 1.94. The smallest absolute Gasteiger partial charge is 0.133 e. The van der Waals surface area contributed by atoms with Crippen LogP contribution in [-0.2, 0) is 0 Å². The summed E-state index contributed by atoms with van der Waals surface area (Å²) in [6.45, 7) is 2.00. The van der Waals surface area contributed by atoms with Crippen molar-refractivity contribution in [2.75, 3.05) is 18.2 Å². The maximum atomic E-state index is 8.62. The Morgan fingerprint density at radius 3 is 2.93 bits per heavy atom. The van der Waals surface area contributed by atoms with Gasteiger partial charge in [0.15, 0.2) is 0 Å². The minimum Gasteiger partial charge on any atom is -0.356 e. The van der Waals surface area contributed by atoms with Gasteiger partial charge in [0.2, 0.25) is 0 Å². The third-order valence-electron chi connectivity index (χ3n) is 2.25. The van der Waals surface area contributed by atoms with Crippen molar-refractivity contribution in [3.8, 4) is 6.07 Å². The monoisotopic (exact) mass is 222 g/mol. The van der Waals surface area contributed by atoms with E-state index in [2.05, 4.69) is 16.0 Å². The van der Waals surface area contributed by atoms with Gasteiger partial charge in [-0.3, -0.25) is 0 Å². The van der Waals surface area contributed by atoms with Gasteiger partial charge in [-0.2, -0.15) is 5.26 Å². The summed E-state index contributed by atoms with van der Waals surface area (Å²) in [5.74, 6) is 0.858. The minimum atomic E-state index is 0.166. The van der Waals surface area contributed by atoms with Gasteiger partial charge in [-0.25, -0.2) is 9.97 Å². The maximum Gasteiger partial charge on any atom is 0.133 e. The second-order valence-electron chi connectivity index (χ2n) is 3.24. The number of hydrogen-bond donors (Lipinski definition) is 0. The lowest BCUT2D eigenvalue weighted by Crippen LogP contribution is -2.29. The Bertz CT molecular complexity index is 361. The van der Waals surface area contributed by atoms with E-state index in [4.69, 9.17) is 5.26 Å². The van der Waals surface area contributed by atoms with Crippen LogP contribution in [0.2, 0.25) is 0 Å². The van der Waals surface area contributed by atoms with Crippen LogP contribution in [-0.4, -0.2) is 29.3 Å². The van der Waals surface area contributed by atoms with E-state index in [0.717, 1.165) is 10.8 Å². The summed E-state index contributed by atoms with van der Waals surface area (Å²) >= 11 is 1.58. The molecule has 0 radical (unpaired) electrons. The van der Waals surface area contributed by atoms with Gasteiger partial charge >= 0.3 is 0 Å². The van der Waals surface area contributed by atoms with E-state index in [1.165, 1.54) is 0 Å². The Labute approximate surface area is 94.3 Å². The molecule has 80 valence electrons. The maximum absolute atomic E-state index is 8.62. The minimum absolute atomic E-state index is 0.166. The third kappa shape index (κ3) is 3.10. The molecule has 0 N–H and O–H groups in total. The van der Waals surface area contributed by atoms with Crippen molar-refractivity contribution in [2.24, 2.45) is 0 Å². The fourth-order valence-electron chi connectivity index (χ4n) is 1.13. The molecule has 0 amide bonds. The van der Waals surface area contributed by atoms with Crippen molar-refractivity contribution >= 4 is 17.6 Å². The van der Waals surface area contributed by atoms with Crippen molar-refractivity contribution in [1.82, 2.24) is 9.97 Å². The predicted molar refractivity (Wildman–Crippen MR) is 61.9 cm³/mol. The first-order valence-electron chi connectivity index (χ1n) is 4.65. The van der Waals surface area contributed by atoms with Crippen LogP contribution in [0.4, 0.5) is 5.82 Å². The molecule has 0 spiro atoms. The Morgan fingerprint density at radius 1 is 1.60 bits per heavy atom. The molecule has 1 heterocycles. The van der Waals surface area contributed by atoms with Gasteiger partial charge in [-0.15, -0.1) is 11.8 Å². The Balaban J connectivity index is 2.81. The molecule has 1 aromatic rings. The van der Waals surface area contributed by atoms with Crippen LogP contribution in [0.1, 0.15) is 13.3 Å². The fourth-order valence-corrected chi connectivity index (χ4v) is 1.51. The van der Waals surface area contributed by atoms with Crippen LogP contribution in [0.5, 0.6) is 0 Å². The number of rotatable bonds is 4. The molecule has 1 rings (SSSR count). The van der Waals surface area contributed by atoms with Crippen LogP contribution in [0, 0.1) is 11.3 Å². The molecule has 5 heteroatoms. The van der Waals surface area contributed by atoms with E-state index in [9.17, 15) is 0 Å². The van der Waals surface area contributed by atoms with Gasteiger partial charge in [-0.1, -0.05) is 0 Å². The summed E-state index contributed by atoms with van der Waals surface area (Å²) in [5.41, 5.74) is 0. The summed E-state index contributed by atoms with van der Waals surface area (Å²) < 4.78 is 0. The lowest BCUT2D eigenvalue weighted by molar-refractivity contribution is 0.690. The Kier molecular flexibility index (Phi) is 4.37. The zero-order valence-electron chi connectivity index (χ0n) is 9.14. The van der Waals surface area contributed by atoms with E-state index in [1.807, 2.05) is 31.2 Å². The van der Waals surface area contributed by atoms with Crippen molar-refractivity contribution in [2.45, 2.75) is 24.4 Å². The average Bonchev–Trinajstić information content (AvgIpc) is 2.28. The normalized spacial score (nSPS) is 11.9. The lowest BCUT2D eigenvalue weighted by Gasteiger charge is -2.23. The summed E-state index contributed by atoms with van der Waals surface area (Å²) in [4.78, 5) is 10.3. The van der Waals surface area contributed by atoms with Gasteiger partial charge in [0.25, 0.3) is 0 Å². The van der Waals surface area contributed by atoms with Crippen LogP contribution in [0.25, 0.3) is 0 Å². The van der Waals surface area contributed by atoms with E-state index >= 15 is 0 Å². The zero-order valence-corrected chi connectivity index (χ0v) is 9.95. The van der Waals surface area contributed by atoms with Crippen molar-refractivity contribution in [3.63, 3.8) is 0 Å². The topological polar surface area (TPSA) is 52.8 Å². The molecular formula is C10H14N4S. The fraction of sp³-hybridized carbons (Fsp3) is 0.500. The second-order valence-corrected chi connectivity index (χ2v) is 4.07. The quantitative estimate of drug-likeness (QED) is 0.575.